The van der Waals surface area contributed by atoms with Gasteiger partial charge in [0.1, 0.15) is 0 Å². The average molecular weight is 738 g/mol. The zero-order chi connectivity index (χ0) is 38.4. The van der Waals surface area contributed by atoms with Crippen molar-refractivity contribution in [3.8, 4) is 67.5 Å². The second kappa shape index (κ2) is 14.1. The minimum absolute atomic E-state index is 0.627. The normalized spacial score (nSPS) is 11.4. The molecule has 0 aliphatic rings. The molecule has 270 valence electrons. The zero-order valence-electron chi connectivity index (χ0n) is 31.5. The fourth-order valence-electron chi connectivity index (χ4n) is 8.44. The Kier molecular flexibility index (Phi) is 8.15. The maximum absolute atomic E-state index is 5.25. The first-order valence-electron chi connectivity index (χ1n) is 19.7. The average Bonchev–Trinajstić information content (AvgIpc) is 3.30. The summed E-state index contributed by atoms with van der Waals surface area (Å²) in [5, 5.41) is 9.50. The summed E-state index contributed by atoms with van der Waals surface area (Å²) in [7, 11) is 0. The van der Waals surface area contributed by atoms with Crippen molar-refractivity contribution in [2.45, 2.75) is 0 Å². The van der Waals surface area contributed by atoms with Gasteiger partial charge in [-0.1, -0.05) is 194 Å². The first-order valence-corrected chi connectivity index (χ1v) is 19.7. The van der Waals surface area contributed by atoms with Crippen molar-refractivity contribution in [1.82, 2.24) is 15.0 Å². The first-order chi connectivity index (χ1) is 28.7. The van der Waals surface area contributed by atoms with Gasteiger partial charge >= 0.3 is 0 Å². The van der Waals surface area contributed by atoms with E-state index in [-0.39, 0.29) is 0 Å². The van der Waals surface area contributed by atoms with Crippen LogP contribution in [0.1, 0.15) is 0 Å². The van der Waals surface area contributed by atoms with E-state index in [9.17, 15) is 0 Å². The fraction of sp³-hybridized carbons (Fsp3) is 0. The molecule has 0 amide bonds. The second-order valence-corrected chi connectivity index (χ2v) is 14.8. The highest BCUT2D eigenvalue weighted by atomic mass is 15.0. The maximum atomic E-state index is 5.25. The molecule has 0 N–H and O–H groups in total. The van der Waals surface area contributed by atoms with E-state index in [0.717, 1.165) is 44.0 Å². The van der Waals surface area contributed by atoms with Crippen molar-refractivity contribution in [2.75, 3.05) is 0 Å². The van der Waals surface area contributed by atoms with Gasteiger partial charge in [0.2, 0.25) is 0 Å². The van der Waals surface area contributed by atoms with Crippen molar-refractivity contribution >= 4 is 43.1 Å². The minimum atomic E-state index is 0.627. The van der Waals surface area contributed by atoms with Gasteiger partial charge in [0.25, 0.3) is 0 Å². The van der Waals surface area contributed by atoms with Crippen LogP contribution in [-0.4, -0.2) is 15.0 Å². The molecule has 11 aromatic rings. The standard InChI is InChI=1S/C55H35N3/c1-2-14-37(15-3-1)46-31-32-47(49-24-9-8-23-48(46)49)41-20-10-21-42(34-41)53-56-54(43-29-27-36-13-4-5-17-40(36)33-43)58-55(57-53)44-30-28-39-19-12-26-51(52(39)35-44)50-25-11-18-38-16-6-7-22-45(38)50/h1-35H. The Bertz CT molecular complexity index is 3340. The van der Waals surface area contributed by atoms with Crippen LogP contribution >= 0.6 is 0 Å². The zero-order valence-corrected chi connectivity index (χ0v) is 31.5. The molecule has 0 aliphatic carbocycles. The van der Waals surface area contributed by atoms with Gasteiger partial charge in [0.05, 0.1) is 0 Å². The lowest BCUT2D eigenvalue weighted by Gasteiger charge is -2.14. The highest BCUT2D eigenvalue weighted by molar-refractivity contribution is 6.07. The molecule has 0 atom stereocenters. The van der Waals surface area contributed by atoms with Crippen molar-refractivity contribution in [3.63, 3.8) is 0 Å². The van der Waals surface area contributed by atoms with Gasteiger partial charge in [0.15, 0.2) is 17.5 Å². The number of rotatable bonds is 6. The summed E-state index contributed by atoms with van der Waals surface area (Å²) in [4.78, 5) is 15.6. The number of hydrogen-bond acceptors (Lipinski definition) is 3. The third-order valence-corrected chi connectivity index (χ3v) is 11.3. The Hall–Kier alpha value is -7.75. The predicted octanol–water partition coefficient (Wildman–Crippen LogP) is 14.5. The Morgan fingerprint density at radius 1 is 0.207 bits per heavy atom. The highest BCUT2D eigenvalue weighted by Gasteiger charge is 2.17. The smallest absolute Gasteiger partial charge is 0.164 e. The third-order valence-electron chi connectivity index (χ3n) is 11.3. The van der Waals surface area contributed by atoms with E-state index in [1.807, 2.05) is 0 Å². The van der Waals surface area contributed by atoms with Crippen LogP contribution in [0.2, 0.25) is 0 Å². The van der Waals surface area contributed by atoms with Gasteiger partial charge in [-0.15, -0.1) is 0 Å². The number of aromatic nitrogens is 3. The fourth-order valence-corrected chi connectivity index (χ4v) is 8.44. The molecule has 0 saturated heterocycles. The van der Waals surface area contributed by atoms with Gasteiger partial charge in [-0.3, -0.25) is 0 Å². The summed E-state index contributed by atoms with van der Waals surface area (Å²) in [5.41, 5.74) is 9.88. The lowest BCUT2D eigenvalue weighted by molar-refractivity contribution is 1.08. The van der Waals surface area contributed by atoms with E-state index >= 15 is 0 Å². The van der Waals surface area contributed by atoms with Crippen molar-refractivity contribution in [1.29, 1.82) is 0 Å². The van der Waals surface area contributed by atoms with Gasteiger partial charge in [-0.05, 0) is 94.7 Å². The molecule has 3 heteroatoms. The Balaban J connectivity index is 1.08. The third kappa shape index (κ3) is 5.98. The molecule has 0 bridgehead atoms. The molecule has 10 aromatic carbocycles. The molecule has 0 radical (unpaired) electrons. The van der Waals surface area contributed by atoms with Gasteiger partial charge in [0, 0.05) is 16.7 Å². The molecule has 1 heterocycles. The Morgan fingerprint density at radius 2 is 0.655 bits per heavy atom. The quantitative estimate of drug-likeness (QED) is 0.171. The maximum Gasteiger partial charge on any atom is 0.164 e. The van der Waals surface area contributed by atoms with E-state index in [4.69, 9.17) is 15.0 Å². The van der Waals surface area contributed by atoms with Crippen LogP contribution in [0.4, 0.5) is 0 Å². The van der Waals surface area contributed by atoms with Gasteiger partial charge in [-0.25, -0.2) is 15.0 Å². The Morgan fingerprint density at radius 3 is 1.36 bits per heavy atom. The van der Waals surface area contributed by atoms with Crippen LogP contribution in [0.5, 0.6) is 0 Å². The van der Waals surface area contributed by atoms with Crippen molar-refractivity contribution in [3.05, 3.63) is 212 Å². The van der Waals surface area contributed by atoms with Crippen molar-refractivity contribution < 1.29 is 0 Å². The number of fused-ring (bicyclic) bond motifs is 4. The van der Waals surface area contributed by atoms with E-state index in [0.29, 0.717) is 17.5 Å². The van der Waals surface area contributed by atoms with Crippen LogP contribution in [0.3, 0.4) is 0 Å². The van der Waals surface area contributed by atoms with Crippen LogP contribution < -0.4 is 0 Å². The molecule has 3 nitrogen and oxygen atoms in total. The molecule has 0 fully saturated rings. The molecule has 0 saturated carbocycles. The lowest BCUT2D eigenvalue weighted by atomic mass is 9.91. The van der Waals surface area contributed by atoms with E-state index < -0.39 is 0 Å². The highest BCUT2D eigenvalue weighted by Crippen LogP contribution is 2.39. The van der Waals surface area contributed by atoms with Gasteiger partial charge < -0.3 is 0 Å². The molecule has 0 spiro atoms. The Labute approximate surface area is 336 Å². The first kappa shape index (κ1) is 33.6. The SMILES string of the molecule is c1ccc(-c2ccc(-c3cccc(-c4nc(-c5ccc6ccccc6c5)nc(-c5ccc6cccc(-c7cccc8ccccc78)c6c5)n4)c3)c3ccccc23)cc1. The summed E-state index contributed by atoms with van der Waals surface area (Å²) in [6.07, 6.45) is 0. The van der Waals surface area contributed by atoms with Crippen LogP contribution in [0.25, 0.3) is 111 Å². The molecular formula is C55H35N3. The van der Waals surface area contributed by atoms with E-state index in [1.165, 1.54) is 49.2 Å². The monoisotopic (exact) mass is 737 g/mol. The number of hydrogen-bond donors (Lipinski definition) is 0. The van der Waals surface area contributed by atoms with Gasteiger partial charge in [-0.2, -0.15) is 0 Å². The van der Waals surface area contributed by atoms with Crippen LogP contribution in [-0.2, 0) is 0 Å². The van der Waals surface area contributed by atoms with Crippen molar-refractivity contribution in [2.24, 2.45) is 0 Å². The largest absolute Gasteiger partial charge is 0.208 e. The molecule has 0 unspecified atom stereocenters. The minimum Gasteiger partial charge on any atom is -0.208 e. The summed E-state index contributed by atoms with van der Waals surface area (Å²) >= 11 is 0. The lowest BCUT2D eigenvalue weighted by Crippen LogP contribution is -2.00. The summed E-state index contributed by atoms with van der Waals surface area (Å²) in [5.74, 6) is 1.89. The summed E-state index contributed by atoms with van der Waals surface area (Å²) < 4.78 is 0. The summed E-state index contributed by atoms with van der Waals surface area (Å²) in [6.45, 7) is 0. The molecule has 1 aromatic heterocycles. The van der Waals surface area contributed by atoms with E-state index in [2.05, 4.69) is 212 Å². The van der Waals surface area contributed by atoms with Crippen LogP contribution in [0, 0.1) is 0 Å². The molecular weight excluding hydrogens is 703 g/mol. The molecule has 11 rings (SSSR count). The number of benzene rings is 10. The molecule has 58 heavy (non-hydrogen) atoms. The topological polar surface area (TPSA) is 38.7 Å². The molecule has 0 aliphatic heterocycles. The summed E-state index contributed by atoms with van der Waals surface area (Å²) in [6, 6.07) is 75.4. The number of nitrogens with zero attached hydrogens (tertiary/aromatic N) is 3. The predicted molar refractivity (Wildman–Crippen MR) is 242 cm³/mol. The van der Waals surface area contributed by atoms with E-state index in [1.54, 1.807) is 0 Å². The van der Waals surface area contributed by atoms with Crippen LogP contribution in [0.15, 0.2) is 212 Å². The second-order valence-electron chi connectivity index (χ2n) is 14.8.